The minimum absolute atomic E-state index is 0.0333. The summed E-state index contributed by atoms with van der Waals surface area (Å²) in [4.78, 5) is 16.6. The summed E-state index contributed by atoms with van der Waals surface area (Å²) in [6.45, 7) is 6.78. The van der Waals surface area contributed by atoms with Crippen molar-refractivity contribution in [3.05, 3.63) is 54.1 Å². The standard InChI is InChI=1S/C24H31N5O2S/c1-6-29(7-2)20-13-11-19(12-14-20)23-25-26-24(28(23)4)32-17-22(30)27(3)16-18-9-8-10-21(15-18)31-5/h8-15H,6-7,16-17H2,1-5H3. The Hall–Kier alpha value is -3.00. The van der Waals surface area contributed by atoms with Gasteiger partial charge in [-0.2, -0.15) is 0 Å². The lowest BCUT2D eigenvalue weighted by Crippen LogP contribution is -2.27. The Morgan fingerprint density at radius 1 is 1.09 bits per heavy atom. The van der Waals surface area contributed by atoms with Gasteiger partial charge < -0.3 is 19.1 Å². The second-order valence-electron chi connectivity index (χ2n) is 7.47. The van der Waals surface area contributed by atoms with Gasteiger partial charge in [0.05, 0.1) is 12.9 Å². The van der Waals surface area contributed by atoms with E-state index in [4.69, 9.17) is 4.74 Å². The predicted molar refractivity (Wildman–Crippen MR) is 130 cm³/mol. The molecule has 32 heavy (non-hydrogen) atoms. The normalized spacial score (nSPS) is 10.8. The molecule has 1 amide bonds. The van der Waals surface area contributed by atoms with Gasteiger partial charge in [-0.05, 0) is 55.8 Å². The van der Waals surface area contributed by atoms with Gasteiger partial charge in [0.15, 0.2) is 11.0 Å². The first-order valence-corrected chi connectivity index (χ1v) is 11.7. The van der Waals surface area contributed by atoms with Crippen LogP contribution >= 0.6 is 11.8 Å². The second-order valence-corrected chi connectivity index (χ2v) is 8.42. The van der Waals surface area contributed by atoms with E-state index < -0.39 is 0 Å². The van der Waals surface area contributed by atoms with Crippen molar-refractivity contribution in [1.82, 2.24) is 19.7 Å². The molecule has 0 atom stereocenters. The Balaban J connectivity index is 1.61. The minimum atomic E-state index is 0.0333. The lowest BCUT2D eigenvalue weighted by atomic mass is 10.2. The molecule has 0 saturated carbocycles. The van der Waals surface area contributed by atoms with E-state index in [1.807, 2.05) is 42.9 Å². The highest BCUT2D eigenvalue weighted by molar-refractivity contribution is 7.99. The fraction of sp³-hybridized carbons (Fsp3) is 0.375. The topological polar surface area (TPSA) is 63.5 Å². The van der Waals surface area contributed by atoms with Crippen molar-refractivity contribution in [2.45, 2.75) is 25.5 Å². The fourth-order valence-electron chi connectivity index (χ4n) is 3.47. The molecular weight excluding hydrogens is 422 g/mol. The van der Waals surface area contributed by atoms with Crippen molar-refractivity contribution >= 4 is 23.4 Å². The van der Waals surface area contributed by atoms with Gasteiger partial charge in [0.2, 0.25) is 5.91 Å². The lowest BCUT2D eigenvalue weighted by Gasteiger charge is -2.21. The zero-order chi connectivity index (χ0) is 23.1. The van der Waals surface area contributed by atoms with Gasteiger partial charge in [-0.15, -0.1) is 10.2 Å². The number of ether oxygens (including phenoxy) is 1. The molecule has 0 spiro atoms. The van der Waals surface area contributed by atoms with Crippen LogP contribution in [0.5, 0.6) is 5.75 Å². The Labute approximate surface area is 194 Å². The van der Waals surface area contributed by atoms with Crippen LogP contribution in [0.25, 0.3) is 11.4 Å². The van der Waals surface area contributed by atoms with Crippen molar-refractivity contribution in [3.63, 3.8) is 0 Å². The molecule has 2 aromatic carbocycles. The van der Waals surface area contributed by atoms with Gasteiger partial charge in [0, 0.05) is 45.0 Å². The molecule has 1 heterocycles. The largest absolute Gasteiger partial charge is 0.497 e. The number of methoxy groups -OCH3 is 1. The first-order valence-electron chi connectivity index (χ1n) is 10.7. The zero-order valence-electron chi connectivity index (χ0n) is 19.4. The zero-order valence-corrected chi connectivity index (χ0v) is 20.2. The maximum absolute atomic E-state index is 12.6. The first-order chi connectivity index (χ1) is 15.5. The van der Waals surface area contributed by atoms with Crippen molar-refractivity contribution in [2.24, 2.45) is 7.05 Å². The fourth-order valence-corrected chi connectivity index (χ4v) is 4.32. The molecular formula is C24H31N5O2S. The van der Waals surface area contributed by atoms with Gasteiger partial charge in [0.1, 0.15) is 5.75 Å². The average molecular weight is 454 g/mol. The number of aromatic nitrogens is 3. The molecule has 7 nitrogen and oxygen atoms in total. The van der Waals surface area contributed by atoms with Gasteiger partial charge >= 0.3 is 0 Å². The van der Waals surface area contributed by atoms with E-state index >= 15 is 0 Å². The van der Waals surface area contributed by atoms with E-state index in [0.717, 1.165) is 40.9 Å². The maximum atomic E-state index is 12.6. The third-order valence-electron chi connectivity index (χ3n) is 5.39. The van der Waals surface area contributed by atoms with Gasteiger partial charge in [-0.25, -0.2) is 0 Å². The van der Waals surface area contributed by atoms with Gasteiger partial charge in [-0.3, -0.25) is 4.79 Å². The molecule has 0 bridgehead atoms. The van der Waals surface area contributed by atoms with Crippen LogP contribution < -0.4 is 9.64 Å². The molecule has 3 rings (SSSR count). The summed E-state index contributed by atoms with van der Waals surface area (Å²) in [5, 5.41) is 9.37. The Bertz CT molecular complexity index is 1030. The number of carbonyl (C=O) groups is 1. The monoisotopic (exact) mass is 453 g/mol. The van der Waals surface area contributed by atoms with Crippen molar-refractivity contribution in [1.29, 1.82) is 0 Å². The Morgan fingerprint density at radius 3 is 2.47 bits per heavy atom. The molecule has 0 radical (unpaired) electrons. The molecule has 1 aromatic heterocycles. The number of hydrogen-bond donors (Lipinski definition) is 0. The minimum Gasteiger partial charge on any atom is -0.497 e. The molecule has 0 fully saturated rings. The van der Waals surface area contributed by atoms with Crippen LogP contribution in [0.3, 0.4) is 0 Å². The van der Waals surface area contributed by atoms with E-state index in [0.29, 0.717) is 12.3 Å². The molecule has 0 aliphatic heterocycles. The highest BCUT2D eigenvalue weighted by Crippen LogP contribution is 2.25. The smallest absolute Gasteiger partial charge is 0.233 e. The van der Waals surface area contributed by atoms with E-state index in [2.05, 4.69) is 53.2 Å². The average Bonchev–Trinajstić information content (AvgIpc) is 3.19. The number of carbonyl (C=O) groups excluding carboxylic acids is 1. The van der Waals surface area contributed by atoms with Crippen molar-refractivity contribution in [2.75, 3.05) is 37.9 Å². The van der Waals surface area contributed by atoms with Crippen LogP contribution in [0.15, 0.2) is 53.7 Å². The summed E-state index contributed by atoms with van der Waals surface area (Å²) >= 11 is 1.40. The summed E-state index contributed by atoms with van der Waals surface area (Å²) in [5.74, 6) is 1.91. The highest BCUT2D eigenvalue weighted by Gasteiger charge is 2.15. The molecule has 0 unspecified atom stereocenters. The van der Waals surface area contributed by atoms with Crippen LogP contribution in [-0.2, 0) is 18.4 Å². The molecule has 170 valence electrons. The van der Waals surface area contributed by atoms with E-state index in [1.54, 1.807) is 12.0 Å². The number of benzene rings is 2. The third kappa shape index (κ3) is 5.62. The molecule has 8 heteroatoms. The van der Waals surface area contributed by atoms with Crippen LogP contribution in [0.4, 0.5) is 5.69 Å². The molecule has 0 saturated heterocycles. The summed E-state index contributed by atoms with van der Waals surface area (Å²) < 4.78 is 7.19. The van der Waals surface area contributed by atoms with Gasteiger partial charge in [-0.1, -0.05) is 23.9 Å². The second kappa shape index (κ2) is 11.0. The summed E-state index contributed by atoms with van der Waals surface area (Å²) in [5.41, 5.74) is 3.23. The molecule has 0 aliphatic rings. The lowest BCUT2D eigenvalue weighted by molar-refractivity contribution is -0.127. The van der Waals surface area contributed by atoms with Crippen molar-refractivity contribution < 1.29 is 9.53 Å². The number of thioether (sulfide) groups is 1. The van der Waals surface area contributed by atoms with E-state index in [9.17, 15) is 4.79 Å². The van der Waals surface area contributed by atoms with Crippen molar-refractivity contribution in [3.8, 4) is 17.1 Å². The number of amides is 1. The van der Waals surface area contributed by atoms with Crippen LogP contribution in [-0.4, -0.2) is 58.6 Å². The number of nitrogens with zero attached hydrogens (tertiary/aromatic N) is 5. The number of anilines is 1. The highest BCUT2D eigenvalue weighted by atomic mass is 32.2. The quantitative estimate of drug-likeness (QED) is 0.431. The maximum Gasteiger partial charge on any atom is 0.233 e. The molecule has 0 aliphatic carbocycles. The summed E-state index contributed by atoms with van der Waals surface area (Å²) in [6.07, 6.45) is 0. The summed E-state index contributed by atoms with van der Waals surface area (Å²) in [7, 11) is 5.38. The van der Waals surface area contributed by atoms with Crippen LogP contribution in [0, 0.1) is 0 Å². The third-order valence-corrected chi connectivity index (χ3v) is 6.40. The van der Waals surface area contributed by atoms with E-state index in [-0.39, 0.29) is 5.91 Å². The molecule has 0 N–H and O–H groups in total. The predicted octanol–water partition coefficient (Wildman–Crippen LogP) is 4.09. The number of rotatable bonds is 10. The van der Waals surface area contributed by atoms with Crippen LogP contribution in [0.1, 0.15) is 19.4 Å². The molecule has 3 aromatic rings. The summed E-state index contributed by atoms with van der Waals surface area (Å²) in [6, 6.07) is 16.1. The first kappa shape index (κ1) is 23.7. The van der Waals surface area contributed by atoms with Crippen LogP contribution in [0.2, 0.25) is 0 Å². The number of hydrogen-bond acceptors (Lipinski definition) is 6. The Morgan fingerprint density at radius 2 is 1.81 bits per heavy atom. The van der Waals surface area contributed by atoms with E-state index in [1.165, 1.54) is 17.4 Å². The SMILES string of the molecule is CCN(CC)c1ccc(-c2nnc(SCC(=O)N(C)Cc3cccc(OC)c3)n2C)cc1. The van der Waals surface area contributed by atoms with Gasteiger partial charge in [0.25, 0.3) is 0 Å². The Kier molecular flexibility index (Phi) is 8.16.